The molecule has 0 radical (unpaired) electrons. The molecule has 36 heavy (non-hydrogen) atoms. The van der Waals surface area contributed by atoms with Gasteiger partial charge in [-0.25, -0.2) is 9.18 Å². The largest absolute Gasteiger partial charge is 0.445 e. The van der Waals surface area contributed by atoms with Crippen LogP contribution in [0.2, 0.25) is 0 Å². The van der Waals surface area contributed by atoms with Gasteiger partial charge >= 0.3 is 6.09 Å². The van der Waals surface area contributed by atoms with Crippen molar-refractivity contribution in [3.05, 3.63) is 35.9 Å². The van der Waals surface area contributed by atoms with Crippen molar-refractivity contribution in [3.63, 3.8) is 0 Å². The summed E-state index contributed by atoms with van der Waals surface area (Å²) in [5.74, 6) is -0.425. The molecule has 2 N–H and O–H groups in total. The second kappa shape index (κ2) is 18.5. The lowest BCUT2D eigenvalue weighted by molar-refractivity contribution is -0.130. The van der Waals surface area contributed by atoms with E-state index in [2.05, 4.69) is 31.4 Å². The molecular weight excluding hydrogens is 463 g/mol. The molecule has 0 fully saturated rings. The number of carbonyl (C=O) groups is 4. The molecule has 8 heteroatoms. The molecule has 0 aliphatic carbocycles. The van der Waals surface area contributed by atoms with Gasteiger partial charge in [0.25, 0.3) is 0 Å². The standard InChI is InChI=1S/C24H35FN2O5.C4H10/c1-16(2)12-19(27-24(31)32-15-18-8-6-5-7-9-18)21(28)10-11-23(30)26-20(13-17(3)4)22(29)14-25;1-4(2)3/h5-9,16-17,19-20H,10-15H2,1-4H3,(H,26,30)(H,27,31);4H,1-3H3/t19-,20-;/m0./s1. The minimum Gasteiger partial charge on any atom is -0.445 e. The second-order valence-corrected chi connectivity index (χ2v) is 10.4. The van der Waals surface area contributed by atoms with Crippen LogP contribution in [0.5, 0.6) is 0 Å². The molecule has 0 heterocycles. The second-order valence-electron chi connectivity index (χ2n) is 10.4. The lowest BCUT2D eigenvalue weighted by atomic mass is 9.97. The van der Waals surface area contributed by atoms with E-state index in [0.717, 1.165) is 11.5 Å². The molecule has 1 aromatic carbocycles. The monoisotopic (exact) mass is 508 g/mol. The molecular formula is C28H45FN2O5. The predicted molar refractivity (Wildman–Crippen MR) is 140 cm³/mol. The van der Waals surface area contributed by atoms with Crippen molar-refractivity contribution in [1.29, 1.82) is 0 Å². The highest BCUT2D eigenvalue weighted by Gasteiger charge is 2.25. The number of ketones is 2. The lowest BCUT2D eigenvalue weighted by Gasteiger charge is -2.20. The van der Waals surface area contributed by atoms with Crippen LogP contribution in [0.25, 0.3) is 0 Å². The summed E-state index contributed by atoms with van der Waals surface area (Å²) in [6.45, 7) is 13.0. The van der Waals surface area contributed by atoms with Crippen LogP contribution in [0.4, 0.5) is 9.18 Å². The van der Waals surface area contributed by atoms with Crippen molar-refractivity contribution < 1.29 is 28.3 Å². The fraction of sp³-hybridized carbons (Fsp3) is 0.643. The Morgan fingerprint density at radius 1 is 0.778 bits per heavy atom. The molecule has 1 aromatic rings. The van der Waals surface area contributed by atoms with Gasteiger partial charge in [-0.2, -0.15) is 0 Å². The van der Waals surface area contributed by atoms with Crippen LogP contribution in [0, 0.1) is 17.8 Å². The Balaban J connectivity index is 0.00000283. The Kier molecular flexibility index (Phi) is 17.1. The van der Waals surface area contributed by atoms with Crippen molar-refractivity contribution in [2.24, 2.45) is 17.8 Å². The van der Waals surface area contributed by atoms with Crippen molar-refractivity contribution >= 4 is 23.6 Å². The van der Waals surface area contributed by atoms with Gasteiger partial charge in [-0.05, 0) is 36.2 Å². The summed E-state index contributed by atoms with van der Waals surface area (Å²) in [4.78, 5) is 48.8. The van der Waals surface area contributed by atoms with Crippen LogP contribution < -0.4 is 10.6 Å². The summed E-state index contributed by atoms with van der Waals surface area (Å²) in [7, 11) is 0. The first kappa shape index (κ1) is 33.2. The SMILES string of the molecule is CC(C)C.CC(C)C[C@H](NC(=O)CCC(=O)[C@H](CC(C)C)NC(=O)OCc1ccccc1)C(=O)CF. The van der Waals surface area contributed by atoms with Crippen LogP contribution in [0.3, 0.4) is 0 Å². The van der Waals surface area contributed by atoms with E-state index in [1.165, 1.54) is 0 Å². The van der Waals surface area contributed by atoms with Crippen molar-refractivity contribution in [1.82, 2.24) is 10.6 Å². The van der Waals surface area contributed by atoms with Crippen molar-refractivity contribution in [2.75, 3.05) is 6.67 Å². The number of halogens is 1. The maximum absolute atomic E-state index is 12.8. The maximum Gasteiger partial charge on any atom is 0.408 e. The number of amides is 2. The van der Waals surface area contributed by atoms with Gasteiger partial charge in [0.2, 0.25) is 5.91 Å². The van der Waals surface area contributed by atoms with E-state index in [1.54, 1.807) is 0 Å². The minimum atomic E-state index is -1.15. The van der Waals surface area contributed by atoms with E-state index < -0.39 is 36.5 Å². The summed E-state index contributed by atoms with van der Waals surface area (Å²) in [6.07, 6.45) is -0.240. The van der Waals surface area contributed by atoms with Crippen LogP contribution in [-0.4, -0.2) is 42.3 Å². The molecule has 2 atom stereocenters. The van der Waals surface area contributed by atoms with Crippen molar-refractivity contribution in [3.8, 4) is 0 Å². The third-order valence-electron chi connectivity index (χ3n) is 4.76. The Hall–Kier alpha value is -2.77. The third kappa shape index (κ3) is 16.8. The van der Waals surface area contributed by atoms with Gasteiger partial charge in [-0.3, -0.25) is 14.4 Å². The topological polar surface area (TPSA) is 102 Å². The number of hydrogen-bond donors (Lipinski definition) is 2. The summed E-state index contributed by atoms with van der Waals surface area (Å²) < 4.78 is 18.0. The first-order chi connectivity index (χ1) is 16.8. The minimum absolute atomic E-state index is 0.0809. The zero-order valence-corrected chi connectivity index (χ0v) is 22.9. The van der Waals surface area contributed by atoms with E-state index in [0.29, 0.717) is 12.8 Å². The van der Waals surface area contributed by atoms with E-state index in [1.807, 2.05) is 58.0 Å². The molecule has 1 rings (SSSR count). The molecule has 0 saturated carbocycles. The Bertz CT molecular complexity index is 794. The Labute approximate surface area is 215 Å². The molecule has 0 aliphatic heterocycles. The first-order valence-corrected chi connectivity index (χ1v) is 12.7. The molecule has 0 saturated heterocycles. The lowest BCUT2D eigenvalue weighted by Crippen LogP contribution is -2.44. The number of nitrogens with one attached hydrogen (secondary N) is 2. The van der Waals surface area contributed by atoms with Gasteiger partial charge in [-0.1, -0.05) is 78.8 Å². The molecule has 7 nitrogen and oxygen atoms in total. The van der Waals surface area contributed by atoms with Gasteiger partial charge in [-0.15, -0.1) is 0 Å². The third-order valence-corrected chi connectivity index (χ3v) is 4.76. The zero-order valence-electron chi connectivity index (χ0n) is 22.9. The fourth-order valence-electron chi connectivity index (χ4n) is 3.16. The van der Waals surface area contributed by atoms with Gasteiger partial charge < -0.3 is 15.4 Å². The van der Waals surface area contributed by atoms with E-state index in [4.69, 9.17) is 4.74 Å². The van der Waals surface area contributed by atoms with E-state index in [9.17, 15) is 23.6 Å². The average Bonchev–Trinajstić information content (AvgIpc) is 2.79. The predicted octanol–water partition coefficient (Wildman–Crippen LogP) is 5.41. The Morgan fingerprint density at radius 3 is 1.75 bits per heavy atom. The van der Waals surface area contributed by atoms with Gasteiger partial charge in [0.15, 0.2) is 11.6 Å². The highest BCUT2D eigenvalue weighted by atomic mass is 19.1. The molecule has 0 spiro atoms. The summed E-state index contributed by atoms with van der Waals surface area (Å²) in [6, 6.07) is 7.48. The summed E-state index contributed by atoms with van der Waals surface area (Å²) in [5.41, 5.74) is 0.824. The van der Waals surface area contributed by atoms with Gasteiger partial charge in [0.05, 0.1) is 12.1 Å². The number of Topliss-reactive ketones (excluding diaryl/α,β-unsaturated/α-hetero) is 2. The number of rotatable bonds is 14. The van der Waals surface area contributed by atoms with Crippen LogP contribution in [0.15, 0.2) is 30.3 Å². The molecule has 0 bridgehead atoms. The van der Waals surface area contributed by atoms with Crippen LogP contribution in [0.1, 0.15) is 79.7 Å². The molecule has 204 valence electrons. The highest BCUT2D eigenvalue weighted by molar-refractivity contribution is 5.93. The maximum atomic E-state index is 12.8. The number of carbonyl (C=O) groups excluding carboxylic acids is 4. The fourth-order valence-corrected chi connectivity index (χ4v) is 3.16. The van der Waals surface area contributed by atoms with E-state index >= 15 is 0 Å². The normalized spacial score (nSPS) is 12.4. The summed E-state index contributed by atoms with van der Waals surface area (Å²) >= 11 is 0. The van der Waals surface area contributed by atoms with Crippen LogP contribution >= 0.6 is 0 Å². The van der Waals surface area contributed by atoms with Crippen molar-refractivity contribution in [2.45, 2.75) is 92.8 Å². The molecule has 0 aliphatic rings. The number of ether oxygens (including phenoxy) is 1. The average molecular weight is 509 g/mol. The van der Waals surface area contributed by atoms with Crippen LogP contribution in [-0.2, 0) is 25.7 Å². The number of alkyl halides is 1. The number of benzene rings is 1. The quantitative estimate of drug-likeness (QED) is 0.350. The number of alkyl carbamates (subject to hydrolysis) is 1. The molecule has 2 amide bonds. The zero-order chi connectivity index (χ0) is 27.7. The molecule has 0 aromatic heterocycles. The number of hydrogen-bond acceptors (Lipinski definition) is 5. The van der Waals surface area contributed by atoms with E-state index in [-0.39, 0.29) is 37.1 Å². The molecule has 0 unspecified atom stereocenters. The van der Waals surface area contributed by atoms with Gasteiger partial charge in [0, 0.05) is 12.8 Å². The summed E-state index contributed by atoms with van der Waals surface area (Å²) in [5, 5.41) is 5.11. The van der Waals surface area contributed by atoms with Gasteiger partial charge in [0.1, 0.15) is 13.3 Å². The smallest absolute Gasteiger partial charge is 0.408 e. The highest BCUT2D eigenvalue weighted by Crippen LogP contribution is 2.11. The first-order valence-electron chi connectivity index (χ1n) is 12.7. The Morgan fingerprint density at radius 2 is 1.28 bits per heavy atom.